The van der Waals surface area contributed by atoms with Crippen LogP contribution in [0.2, 0.25) is 0 Å². The van der Waals surface area contributed by atoms with Crippen LogP contribution in [0, 0.1) is 25.7 Å². The number of amides is 8. The molecule has 0 radical (unpaired) electrons. The average Bonchev–Trinajstić information content (AvgIpc) is 4.26. The normalized spacial score (nSPS) is 20.4. The van der Waals surface area contributed by atoms with Crippen LogP contribution in [-0.2, 0) is 23.9 Å². The van der Waals surface area contributed by atoms with E-state index in [1.165, 1.54) is 9.80 Å². The number of fused-ring (bicyclic) bond motifs is 2. The fourth-order valence-electron chi connectivity index (χ4n) is 11.8. The fraction of sp³-hybridized carbons (Fsp3) is 0.424. The molecule has 1 atom stereocenters. The van der Waals surface area contributed by atoms with Crippen molar-refractivity contribution in [1.29, 1.82) is 0 Å². The van der Waals surface area contributed by atoms with E-state index in [0.29, 0.717) is 56.2 Å². The number of ether oxygens (including phenoxy) is 1. The Bertz CT molecular complexity index is 3420. The van der Waals surface area contributed by atoms with Crippen molar-refractivity contribution in [1.82, 2.24) is 29.6 Å². The largest absolute Gasteiger partial charge is 0.449 e. The maximum Gasteiger partial charge on any atom is 0.294 e. The number of morpholine rings is 1. The Labute approximate surface area is 462 Å². The molecule has 4 aromatic heterocycles. The molecule has 2 aliphatic heterocycles. The van der Waals surface area contributed by atoms with Crippen LogP contribution in [0.25, 0.3) is 21.9 Å². The maximum absolute atomic E-state index is 14.4. The van der Waals surface area contributed by atoms with E-state index in [1.807, 2.05) is 23.6 Å². The van der Waals surface area contributed by atoms with E-state index < -0.39 is 17.7 Å². The van der Waals surface area contributed by atoms with Crippen molar-refractivity contribution < 1.29 is 51.9 Å². The van der Waals surface area contributed by atoms with Crippen molar-refractivity contribution in [3.63, 3.8) is 0 Å². The zero-order valence-electron chi connectivity index (χ0n) is 45.8. The number of nitrogens with zero attached hydrogens (tertiary/aromatic N) is 6. The second kappa shape index (κ2) is 23.1. The van der Waals surface area contributed by atoms with E-state index in [9.17, 15) is 38.4 Å². The zero-order chi connectivity index (χ0) is 56.5. The van der Waals surface area contributed by atoms with Crippen LogP contribution in [0.3, 0.4) is 0 Å². The van der Waals surface area contributed by atoms with Crippen LogP contribution in [0.4, 0.5) is 23.0 Å². The van der Waals surface area contributed by atoms with Crippen LogP contribution >= 0.6 is 0 Å². The van der Waals surface area contributed by atoms with Gasteiger partial charge in [0.1, 0.15) is 40.8 Å². The van der Waals surface area contributed by atoms with Gasteiger partial charge in [-0.15, -0.1) is 0 Å². The van der Waals surface area contributed by atoms with Gasteiger partial charge in [-0.1, -0.05) is 18.2 Å². The van der Waals surface area contributed by atoms with E-state index >= 15 is 0 Å². The number of carbonyl (C=O) groups excluding carboxylic acids is 8. The third-order valence-electron chi connectivity index (χ3n) is 16.0. The fourth-order valence-corrected chi connectivity index (χ4v) is 11.8. The maximum atomic E-state index is 14.4. The second-order valence-electron chi connectivity index (χ2n) is 21.9. The van der Waals surface area contributed by atoms with Crippen LogP contribution in [0.15, 0.2) is 75.8 Å². The third-order valence-corrected chi connectivity index (χ3v) is 16.0. The molecule has 0 spiro atoms. The highest BCUT2D eigenvalue weighted by molar-refractivity contribution is 6.21. The first-order valence-electron chi connectivity index (χ1n) is 27.3. The summed E-state index contributed by atoms with van der Waals surface area (Å²) in [5.74, 6) is -3.33. The molecule has 21 nitrogen and oxygen atoms in total. The molecule has 0 bridgehead atoms. The van der Waals surface area contributed by atoms with E-state index in [4.69, 9.17) is 13.6 Å². The van der Waals surface area contributed by atoms with E-state index in [1.54, 1.807) is 95.2 Å². The first-order valence-corrected chi connectivity index (χ1v) is 27.3. The third kappa shape index (κ3) is 11.4. The summed E-state index contributed by atoms with van der Waals surface area (Å²) >= 11 is 0. The smallest absolute Gasteiger partial charge is 0.294 e. The standard InChI is InChI=1S/C59H66N10O11/c1-32-13-22-44(60-28-32)62-56(74)54-52(50-40(59(77)67(5)6)10-8-12-43(50)80-54)65-55(73)35-16-20-38(21-17-35)69-30-36(26-47(69)71)41-27-45(61-29-33(41)2)63-57(75)53-51(49-39(58(76)66(3)4)9-7-11-42(49)79-53)64-46(70)25-34-14-18-37(19-15-34)68-23-24-78-31-48(68)72/h7-13,22,27-29,34-38H,14-21,23-26,30-31H2,1-6H3,(H,64,70)(H,65,73)(H,60,62,74)(H,61,63,75). The number of furan rings is 2. The molecule has 6 aromatic rings. The topological polar surface area (TPSA) is 259 Å². The summed E-state index contributed by atoms with van der Waals surface area (Å²) < 4.78 is 17.6. The van der Waals surface area contributed by atoms with Gasteiger partial charge < -0.3 is 54.4 Å². The predicted molar refractivity (Wildman–Crippen MR) is 297 cm³/mol. The first-order chi connectivity index (χ1) is 38.4. The minimum atomic E-state index is -0.704. The minimum Gasteiger partial charge on any atom is -0.449 e. The summed E-state index contributed by atoms with van der Waals surface area (Å²) in [6.07, 6.45) is 8.67. The van der Waals surface area contributed by atoms with E-state index in [2.05, 4.69) is 31.2 Å². The zero-order valence-corrected chi connectivity index (χ0v) is 45.8. The first kappa shape index (κ1) is 54.9. The van der Waals surface area contributed by atoms with Crippen molar-refractivity contribution in [3.8, 4) is 0 Å². The number of likely N-dealkylation sites (tertiary alicyclic amines) is 1. The highest BCUT2D eigenvalue weighted by Gasteiger charge is 2.40. The summed E-state index contributed by atoms with van der Waals surface area (Å²) in [7, 11) is 6.45. The summed E-state index contributed by atoms with van der Waals surface area (Å²) in [5, 5.41) is 12.1. The molecule has 418 valence electrons. The van der Waals surface area contributed by atoms with Crippen molar-refractivity contribution in [2.45, 2.75) is 96.1 Å². The number of carbonyl (C=O) groups is 8. The Morgan fingerprint density at radius 2 is 1.23 bits per heavy atom. The highest BCUT2D eigenvalue weighted by Crippen LogP contribution is 2.41. The van der Waals surface area contributed by atoms with Gasteiger partial charge in [-0.25, -0.2) is 9.97 Å². The Morgan fingerprint density at radius 3 is 1.81 bits per heavy atom. The molecule has 2 saturated carbocycles. The molecule has 80 heavy (non-hydrogen) atoms. The molecule has 2 aliphatic carbocycles. The monoisotopic (exact) mass is 1090 g/mol. The molecule has 10 rings (SSSR count). The van der Waals surface area contributed by atoms with E-state index in [-0.39, 0.29) is 136 Å². The number of aromatic nitrogens is 2. The number of hydrogen-bond acceptors (Lipinski definition) is 13. The van der Waals surface area contributed by atoms with Gasteiger partial charge in [-0.2, -0.15) is 0 Å². The summed E-state index contributed by atoms with van der Waals surface area (Å²) in [4.78, 5) is 125. The van der Waals surface area contributed by atoms with Gasteiger partial charge in [0.15, 0.2) is 0 Å². The predicted octanol–water partition coefficient (Wildman–Crippen LogP) is 7.75. The molecule has 2 aromatic carbocycles. The van der Waals surface area contributed by atoms with Gasteiger partial charge in [0.25, 0.3) is 23.6 Å². The lowest BCUT2D eigenvalue weighted by atomic mass is 9.83. The van der Waals surface area contributed by atoms with Crippen molar-refractivity contribution in [3.05, 3.63) is 106 Å². The van der Waals surface area contributed by atoms with E-state index in [0.717, 1.165) is 42.4 Å². The van der Waals surface area contributed by atoms with Crippen LogP contribution in [0.5, 0.6) is 0 Å². The molecule has 21 heteroatoms. The lowest BCUT2D eigenvalue weighted by Crippen LogP contribution is -2.49. The number of aryl methyl sites for hydroxylation is 2. The SMILES string of the molecule is Cc1ccc(NC(=O)c2oc3cccc(C(=O)N(C)C)c3c2NC(=O)C2CCC(N3CC(c4cc(NC(=O)c5oc6cccc(C(=O)N(C)C)c6c5NC(=O)CC5CCC(N6CCOCC6=O)CC5)ncc4C)CC3=O)CC2)nc1. The second-order valence-corrected chi connectivity index (χ2v) is 21.9. The molecule has 6 heterocycles. The molecule has 8 amide bonds. The molecule has 4 N–H and O–H groups in total. The minimum absolute atomic E-state index is 0.0114. The Morgan fingerprint density at radius 1 is 0.650 bits per heavy atom. The molecular weight excluding hydrogens is 1020 g/mol. The lowest BCUT2D eigenvalue weighted by Gasteiger charge is -2.38. The number of rotatable bonds is 14. The summed E-state index contributed by atoms with van der Waals surface area (Å²) in [5.41, 5.74) is 3.68. The summed E-state index contributed by atoms with van der Waals surface area (Å²) in [6, 6.07) is 15.0. The molecule has 4 aliphatic rings. The Balaban J connectivity index is 0.809. The number of hydrogen-bond donors (Lipinski definition) is 4. The Hall–Kier alpha value is -8.46. The number of benzene rings is 2. The average molecular weight is 1090 g/mol. The highest BCUT2D eigenvalue weighted by atomic mass is 16.5. The van der Waals surface area contributed by atoms with Gasteiger partial charge in [0.05, 0.1) is 28.5 Å². The van der Waals surface area contributed by atoms with Crippen molar-refractivity contribution >= 4 is 92.2 Å². The van der Waals surface area contributed by atoms with Crippen LogP contribution in [0.1, 0.15) is 129 Å². The molecular formula is C59H66N10O11. The van der Waals surface area contributed by atoms with Gasteiger partial charge in [-0.3, -0.25) is 38.4 Å². The number of pyridine rings is 2. The van der Waals surface area contributed by atoms with Gasteiger partial charge in [-0.05, 0) is 124 Å². The lowest BCUT2D eigenvalue weighted by molar-refractivity contribution is -0.146. The van der Waals surface area contributed by atoms with Crippen molar-refractivity contribution in [2.75, 3.05) is 75.8 Å². The van der Waals surface area contributed by atoms with Crippen LogP contribution < -0.4 is 21.3 Å². The van der Waals surface area contributed by atoms with Gasteiger partial charge in [0, 0.05) is 90.4 Å². The quantitative estimate of drug-likeness (QED) is 0.0814. The van der Waals surface area contributed by atoms with Crippen molar-refractivity contribution in [2.24, 2.45) is 11.8 Å². The molecule has 4 fully saturated rings. The Kier molecular flexibility index (Phi) is 15.8. The number of anilines is 4. The summed E-state index contributed by atoms with van der Waals surface area (Å²) in [6.45, 7) is 5.34. The van der Waals surface area contributed by atoms with Gasteiger partial charge in [0.2, 0.25) is 35.1 Å². The molecule has 1 unspecified atom stereocenters. The van der Waals surface area contributed by atoms with Gasteiger partial charge >= 0.3 is 0 Å². The van der Waals surface area contributed by atoms with Crippen LogP contribution in [-0.4, -0.2) is 143 Å². The molecule has 2 saturated heterocycles. The number of nitrogens with one attached hydrogen (secondary N) is 4.